The molecule has 0 aromatic carbocycles. The fourth-order valence-electron chi connectivity index (χ4n) is 3.53. The van der Waals surface area contributed by atoms with Crippen LogP contribution in [0.3, 0.4) is 0 Å². The highest BCUT2D eigenvalue weighted by atomic mass is 16.5. The number of hydrogen-bond acceptors (Lipinski definition) is 4. The van der Waals surface area contributed by atoms with Gasteiger partial charge in [-0.05, 0) is 38.5 Å². The van der Waals surface area contributed by atoms with E-state index in [1.807, 2.05) is 13.8 Å². The van der Waals surface area contributed by atoms with Crippen molar-refractivity contribution in [2.45, 2.75) is 86.5 Å². The fraction of sp³-hybridized carbons (Fsp3) is 0.900. The fourth-order valence-corrected chi connectivity index (χ4v) is 3.53. The van der Waals surface area contributed by atoms with Gasteiger partial charge in [-0.25, -0.2) is 0 Å². The van der Waals surface area contributed by atoms with E-state index in [-0.39, 0.29) is 29.2 Å². The third kappa shape index (κ3) is 7.23. The molecule has 24 heavy (non-hydrogen) atoms. The lowest BCUT2D eigenvalue weighted by Crippen LogP contribution is -2.42. The van der Waals surface area contributed by atoms with Crippen molar-refractivity contribution in [3.05, 3.63) is 0 Å². The normalized spacial score (nSPS) is 11.8. The van der Waals surface area contributed by atoms with Crippen molar-refractivity contribution in [3.8, 4) is 0 Å². The molecule has 0 aliphatic heterocycles. The molecule has 0 aliphatic carbocycles. The Hall–Kier alpha value is -1.06. The first-order valence-electron chi connectivity index (χ1n) is 9.65. The van der Waals surface area contributed by atoms with Gasteiger partial charge in [0.1, 0.15) is 0 Å². The molecule has 0 spiro atoms. The van der Waals surface area contributed by atoms with E-state index in [9.17, 15) is 9.59 Å². The summed E-state index contributed by atoms with van der Waals surface area (Å²) in [4.78, 5) is 23.9. The van der Waals surface area contributed by atoms with E-state index in [0.29, 0.717) is 19.6 Å². The number of carbonyl (C=O) groups excluding carboxylic acids is 2. The molecule has 0 aromatic heterocycles. The van der Waals surface area contributed by atoms with Gasteiger partial charge in [0.15, 0.2) is 0 Å². The molecule has 0 heterocycles. The second-order valence-electron chi connectivity index (χ2n) is 7.14. The summed E-state index contributed by atoms with van der Waals surface area (Å²) in [6.07, 6.45) is 6.51. The van der Waals surface area contributed by atoms with Gasteiger partial charge in [0.05, 0.1) is 18.6 Å². The summed E-state index contributed by atoms with van der Waals surface area (Å²) in [5.41, 5.74) is -0.388. The molecule has 0 saturated heterocycles. The maximum Gasteiger partial charge on any atom is 0.312 e. The van der Waals surface area contributed by atoms with E-state index < -0.39 is 0 Å². The summed E-state index contributed by atoms with van der Waals surface area (Å²) in [6, 6.07) is 0. The van der Waals surface area contributed by atoms with Gasteiger partial charge >= 0.3 is 11.9 Å². The van der Waals surface area contributed by atoms with E-state index in [2.05, 4.69) is 27.7 Å². The first-order chi connectivity index (χ1) is 11.3. The highest BCUT2D eigenvalue weighted by Crippen LogP contribution is 2.42. The third-order valence-corrected chi connectivity index (χ3v) is 4.99. The lowest BCUT2D eigenvalue weighted by atomic mass is 9.66. The topological polar surface area (TPSA) is 52.6 Å². The lowest BCUT2D eigenvalue weighted by Gasteiger charge is -2.39. The highest BCUT2D eigenvalue weighted by molar-refractivity contribution is 5.77. The van der Waals surface area contributed by atoms with Gasteiger partial charge in [-0.2, -0.15) is 0 Å². The Kier molecular flexibility index (Phi) is 11.8. The molecule has 0 radical (unpaired) electrons. The van der Waals surface area contributed by atoms with E-state index in [0.717, 1.165) is 38.5 Å². The molecule has 0 saturated carbocycles. The molecule has 0 bridgehead atoms. The van der Waals surface area contributed by atoms with Gasteiger partial charge in [0, 0.05) is 6.42 Å². The van der Waals surface area contributed by atoms with Gasteiger partial charge in [0.25, 0.3) is 0 Å². The van der Waals surface area contributed by atoms with Crippen molar-refractivity contribution in [1.29, 1.82) is 0 Å². The molecule has 4 heteroatoms. The van der Waals surface area contributed by atoms with Crippen LogP contribution in [0.25, 0.3) is 0 Å². The van der Waals surface area contributed by atoms with Gasteiger partial charge in [-0.1, -0.05) is 53.4 Å². The van der Waals surface area contributed by atoms with E-state index in [4.69, 9.17) is 9.47 Å². The van der Waals surface area contributed by atoms with Crippen molar-refractivity contribution in [2.24, 2.45) is 17.3 Å². The minimum atomic E-state index is -0.388. The Bertz CT molecular complexity index is 353. The number of hydrogen-bond donors (Lipinski definition) is 0. The van der Waals surface area contributed by atoms with Gasteiger partial charge in [0.2, 0.25) is 0 Å². The minimum absolute atomic E-state index is 0.0442. The summed E-state index contributed by atoms with van der Waals surface area (Å²) in [5.74, 6) is 0.386. The van der Waals surface area contributed by atoms with Crippen LogP contribution < -0.4 is 0 Å². The second kappa shape index (κ2) is 12.3. The van der Waals surface area contributed by atoms with Crippen LogP contribution in [0, 0.1) is 17.3 Å². The van der Waals surface area contributed by atoms with E-state index in [1.54, 1.807) is 0 Å². The molecule has 0 aliphatic rings. The SMILES string of the molecule is CCOC(=O)CCCCCCCC(C(=O)OCC)(C(C)C)C(C)C. The standard InChI is InChI=1S/C20H38O4/c1-7-23-18(21)14-12-10-9-11-13-15-20(16(3)4,17(5)6)19(22)24-8-2/h16-17H,7-15H2,1-6H3. The van der Waals surface area contributed by atoms with Gasteiger partial charge in [-0.15, -0.1) is 0 Å². The summed E-state index contributed by atoms with van der Waals surface area (Å²) >= 11 is 0. The highest BCUT2D eigenvalue weighted by Gasteiger charge is 2.44. The van der Waals surface area contributed by atoms with Crippen LogP contribution in [0.2, 0.25) is 0 Å². The molecule has 0 aromatic rings. The summed E-state index contributed by atoms with van der Waals surface area (Å²) in [5, 5.41) is 0. The van der Waals surface area contributed by atoms with Crippen molar-refractivity contribution >= 4 is 11.9 Å². The molecule has 0 atom stereocenters. The van der Waals surface area contributed by atoms with Crippen LogP contribution in [-0.4, -0.2) is 25.2 Å². The molecule has 0 rings (SSSR count). The van der Waals surface area contributed by atoms with Gasteiger partial charge in [-0.3, -0.25) is 9.59 Å². The number of esters is 2. The van der Waals surface area contributed by atoms with Crippen molar-refractivity contribution in [1.82, 2.24) is 0 Å². The third-order valence-electron chi connectivity index (χ3n) is 4.99. The first-order valence-corrected chi connectivity index (χ1v) is 9.65. The molecule has 0 amide bonds. The quantitative estimate of drug-likeness (QED) is 0.343. The maximum atomic E-state index is 12.6. The second-order valence-corrected chi connectivity index (χ2v) is 7.14. The zero-order valence-corrected chi connectivity index (χ0v) is 16.7. The van der Waals surface area contributed by atoms with Crippen LogP contribution in [0.4, 0.5) is 0 Å². The van der Waals surface area contributed by atoms with Crippen LogP contribution in [0.5, 0.6) is 0 Å². The van der Waals surface area contributed by atoms with Crippen LogP contribution in [-0.2, 0) is 19.1 Å². The zero-order chi connectivity index (χ0) is 18.6. The van der Waals surface area contributed by atoms with E-state index >= 15 is 0 Å². The molecule has 0 N–H and O–H groups in total. The maximum absolute atomic E-state index is 12.6. The molecule has 0 unspecified atom stereocenters. The van der Waals surface area contributed by atoms with Crippen molar-refractivity contribution in [3.63, 3.8) is 0 Å². The average Bonchev–Trinajstić information content (AvgIpc) is 2.49. The number of carbonyl (C=O) groups is 2. The summed E-state index contributed by atoms with van der Waals surface area (Å²) in [7, 11) is 0. The van der Waals surface area contributed by atoms with Crippen LogP contribution in [0.15, 0.2) is 0 Å². The summed E-state index contributed by atoms with van der Waals surface area (Å²) < 4.78 is 10.3. The van der Waals surface area contributed by atoms with Crippen LogP contribution in [0.1, 0.15) is 86.5 Å². The molecular weight excluding hydrogens is 304 g/mol. The Morgan fingerprint density at radius 3 is 1.79 bits per heavy atom. The Labute approximate surface area is 148 Å². The molecular formula is C20H38O4. The number of ether oxygens (including phenoxy) is 2. The number of rotatable bonds is 13. The smallest absolute Gasteiger partial charge is 0.312 e. The lowest BCUT2D eigenvalue weighted by molar-refractivity contribution is -0.163. The molecule has 142 valence electrons. The monoisotopic (exact) mass is 342 g/mol. The minimum Gasteiger partial charge on any atom is -0.466 e. The largest absolute Gasteiger partial charge is 0.466 e. The first kappa shape index (κ1) is 22.9. The molecule has 0 fully saturated rings. The Morgan fingerprint density at radius 2 is 1.29 bits per heavy atom. The Morgan fingerprint density at radius 1 is 0.792 bits per heavy atom. The predicted octanol–water partition coefficient (Wildman–Crippen LogP) is 5.14. The molecule has 4 nitrogen and oxygen atoms in total. The number of unbranched alkanes of at least 4 members (excludes halogenated alkanes) is 4. The van der Waals surface area contributed by atoms with Crippen LogP contribution >= 0.6 is 0 Å². The van der Waals surface area contributed by atoms with Gasteiger partial charge < -0.3 is 9.47 Å². The summed E-state index contributed by atoms with van der Waals surface area (Å²) in [6.45, 7) is 13.1. The predicted molar refractivity (Wildman–Crippen MR) is 97.7 cm³/mol. The van der Waals surface area contributed by atoms with Crippen molar-refractivity contribution < 1.29 is 19.1 Å². The Balaban J connectivity index is 4.29. The average molecular weight is 343 g/mol. The van der Waals surface area contributed by atoms with E-state index in [1.165, 1.54) is 0 Å². The van der Waals surface area contributed by atoms with Crippen molar-refractivity contribution in [2.75, 3.05) is 13.2 Å². The zero-order valence-electron chi connectivity index (χ0n) is 16.7.